The average Bonchev–Trinajstić information content (AvgIpc) is 2.85. The number of thioether (sulfide) groups is 1. The van der Waals surface area contributed by atoms with Gasteiger partial charge in [-0.3, -0.25) is 0 Å². The minimum Gasteiger partial charge on any atom is -0.369 e. The van der Waals surface area contributed by atoms with E-state index in [1.165, 1.54) is 25.7 Å². The SMILES string of the molecule is CSC1(CNc2cc(NN)nc(C)n2)CCCC1. The molecule has 0 aliphatic heterocycles. The third kappa shape index (κ3) is 3.05. The Kier molecular flexibility index (Phi) is 4.29. The second-order valence-corrected chi connectivity index (χ2v) is 6.05. The lowest BCUT2D eigenvalue weighted by atomic mass is 10.1. The molecule has 2 rings (SSSR count). The molecule has 0 saturated heterocycles. The highest BCUT2D eigenvalue weighted by Gasteiger charge is 2.32. The molecular formula is C12H21N5S. The lowest BCUT2D eigenvalue weighted by molar-refractivity contribution is 0.638. The smallest absolute Gasteiger partial charge is 0.145 e. The predicted molar refractivity (Wildman–Crippen MR) is 77.8 cm³/mol. The quantitative estimate of drug-likeness (QED) is 0.560. The van der Waals surface area contributed by atoms with Gasteiger partial charge in [-0.1, -0.05) is 12.8 Å². The molecule has 100 valence electrons. The molecule has 5 nitrogen and oxygen atoms in total. The Bertz CT molecular complexity index is 403. The van der Waals surface area contributed by atoms with E-state index in [2.05, 4.69) is 27.0 Å². The highest BCUT2D eigenvalue weighted by molar-refractivity contribution is 8.00. The number of nitrogens with zero attached hydrogens (tertiary/aromatic N) is 2. The van der Waals surface area contributed by atoms with Crippen LogP contribution >= 0.6 is 11.8 Å². The zero-order chi connectivity index (χ0) is 13.0. The summed E-state index contributed by atoms with van der Waals surface area (Å²) in [4.78, 5) is 8.56. The van der Waals surface area contributed by atoms with Crippen molar-refractivity contribution in [1.82, 2.24) is 9.97 Å². The van der Waals surface area contributed by atoms with Crippen LogP contribution in [0, 0.1) is 6.92 Å². The molecule has 0 atom stereocenters. The van der Waals surface area contributed by atoms with E-state index in [0.717, 1.165) is 18.2 Å². The summed E-state index contributed by atoms with van der Waals surface area (Å²) in [6.07, 6.45) is 7.44. The molecule has 4 N–H and O–H groups in total. The molecule has 0 unspecified atom stereocenters. The third-order valence-corrected chi connectivity index (χ3v) is 4.94. The molecule has 1 fully saturated rings. The highest BCUT2D eigenvalue weighted by Crippen LogP contribution is 2.40. The minimum absolute atomic E-state index is 0.370. The number of nitrogen functional groups attached to an aromatic ring is 1. The van der Waals surface area contributed by atoms with Gasteiger partial charge in [-0.2, -0.15) is 11.8 Å². The standard InChI is InChI=1S/C12H21N5S/c1-9-15-10(7-11(16-9)17-13)14-8-12(18-2)5-3-4-6-12/h7H,3-6,8,13H2,1-2H3,(H2,14,15,16,17). The van der Waals surface area contributed by atoms with Gasteiger partial charge in [-0.05, 0) is 26.0 Å². The molecule has 0 aromatic carbocycles. The molecular weight excluding hydrogens is 246 g/mol. The van der Waals surface area contributed by atoms with Crippen molar-refractivity contribution in [2.24, 2.45) is 5.84 Å². The van der Waals surface area contributed by atoms with Crippen molar-refractivity contribution in [2.45, 2.75) is 37.4 Å². The van der Waals surface area contributed by atoms with Gasteiger partial charge in [-0.15, -0.1) is 0 Å². The highest BCUT2D eigenvalue weighted by atomic mass is 32.2. The number of nitrogens with two attached hydrogens (primary N) is 1. The first kappa shape index (κ1) is 13.4. The topological polar surface area (TPSA) is 75.9 Å². The van der Waals surface area contributed by atoms with Crippen molar-refractivity contribution in [2.75, 3.05) is 23.5 Å². The monoisotopic (exact) mass is 267 g/mol. The van der Waals surface area contributed by atoms with Gasteiger partial charge in [0.15, 0.2) is 0 Å². The predicted octanol–water partition coefficient (Wildman–Crippen LogP) is 2.16. The Morgan fingerprint density at radius 1 is 1.33 bits per heavy atom. The van der Waals surface area contributed by atoms with E-state index in [4.69, 9.17) is 5.84 Å². The van der Waals surface area contributed by atoms with Crippen molar-refractivity contribution in [3.8, 4) is 0 Å². The summed E-state index contributed by atoms with van der Waals surface area (Å²) in [6, 6.07) is 1.84. The van der Waals surface area contributed by atoms with Crippen LogP contribution in [-0.2, 0) is 0 Å². The molecule has 0 spiro atoms. The Labute approximate surface area is 112 Å². The van der Waals surface area contributed by atoms with Crippen molar-refractivity contribution in [3.05, 3.63) is 11.9 Å². The van der Waals surface area contributed by atoms with E-state index >= 15 is 0 Å². The van der Waals surface area contributed by atoms with Gasteiger partial charge >= 0.3 is 0 Å². The molecule has 1 aliphatic rings. The fraction of sp³-hybridized carbons (Fsp3) is 0.667. The van der Waals surface area contributed by atoms with Gasteiger partial charge in [0.25, 0.3) is 0 Å². The van der Waals surface area contributed by atoms with E-state index < -0.39 is 0 Å². The van der Waals surface area contributed by atoms with Gasteiger partial charge in [-0.25, -0.2) is 15.8 Å². The number of aryl methyl sites for hydroxylation is 1. The van der Waals surface area contributed by atoms with Crippen molar-refractivity contribution in [1.29, 1.82) is 0 Å². The van der Waals surface area contributed by atoms with Gasteiger partial charge in [0.2, 0.25) is 0 Å². The molecule has 1 aliphatic carbocycles. The lowest BCUT2D eigenvalue weighted by Crippen LogP contribution is -2.30. The molecule has 1 aromatic heterocycles. The molecule has 18 heavy (non-hydrogen) atoms. The molecule has 0 bridgehead atoms. The number of hydrogen-bond donors (Lipinski definition) is 3. The fourth-order valence-corrected chi connectivity index (χ4v) is 3.37. The van der Waals surface area contributed by atoms with E-state index in [1.807, 2.05) is 24.8 Å². The van der Waals surface area contributed by atoms with Crippen LogP contribution in [0.25, 0.3) is 0 Å². The molecule has 0 radical (unpaired) electrons. The first-order valence-electron chi connectivity index (χ1n) is 6.29. The largest absolute Gasteiger partial charge is 0.369 e. The average molecular weight is 267 g/mol. The molecule has 0 amide bonds. The number of nitrogens with one attached hydrogen (secondary N) is 2. The summed E-state index contributed by atoms with van der Waals surface area (Å²) >= 11 is 1.97. The number of aromatic nitrogens is 2. The van der Waals surface area contributed by atoms with Crippen LogP contribution in [0.2, 0.25) is 0 Å². The molecule has 1 aromatic rings. The number of hydrazine groups is 1. The van der Waals surface area contributed by atoms with Crippen LogP contribution in [0.5, 0.6) is 0 Å². The van der Waals surface area contributed by atoms with Crippen molar-refractivity contribution in [3.63, 3.8) is 0 Å². The summed E-state index contributed by atoms with van der Waals surface area (Å²) in [5, 5.41) is 3.43. The van der Waals surface area contributed by atoms with Gasteiger partial charge < -0.3 is 10.7 Å². The summed E-state index contributed by atoms with van der Waals surface area (Å²) in [5.74, 6) is 7.60. The van der Waals surface area contributed by atoms with Crippen LogP contribution in [-0.4, -0.2) is 27.5 Å². The van der Waals surface area contributed by atoms with Crippen LogP contribution in [0.4, 0.5) is 11.6 Å². The maximum atomic E-state index is 5.39. The third-order valence-electron chi connectivity index (χ3n) is 3.53. The minimum atomic E-state index is 0.370. The second-order valence-electron chi connectivity index (χ2n) is 4.78. The lowest BCUT2D eigenvalue weighted by Gasteiger charge is -2.27. The van der Waals surface area contributed by atoms with Gasteiger partial charge in [0.05, 0.1) is 0 Å². The Morgan fingerprint density at radius 3 is 2.61 bits per heavy atom. The van der Waals surface area contributed by atoms with E-state index in [9.17, 15) is 0 Å². The Morgan fingerprint density at radius 2 is 2.00 bits per heavy atom. The zero-order valence-corrected chi connectivity index (χ0v) is 11.8. The first-order chi connectivity index (χ1) is 8.67. The molecule has 1 saturated carbocycles. The normalized spacial score (nSPS) is 17.7. The van der Waals surface area contributed by atoms with Crippen molar-refractivity contribution >= 4 is 23.4 Å². The molecule has 6 heteroatoms. The maximum Gasteiger partial charge on any atom is 0.145 e. The second kappa shape index (κ2) is 5.75. The zero-order valence-electron chi connectivity index (χ0n) is 11.0. The van der Waals surface area contributed by atoms with Gasteiger partial charge in [0.1, 0.15) is 17.5 Å². The summed E-state index contributed by atoms with van der Waals surface area (Å²) in [6.45, 7) is 2.82. The van der Waals surface area contributed by atoms with Crippen LogP contribution in [0.3, 0.4) is 0 Å². The van der Waals surface area contributed by atoms with Crippen molar-refractivity contribution < 1.29 is 0 Å². The van der Waals surface area contributed by atoms with Gasteiger partial charge in [0, 0.05) is 17.4 Å². The first-order valence-corrected chi connectivity index (χ1v) is 7.51. The van der Waals surface area contributed by atoms with Crippen LogP contribution in [0.15, 0.2) is 6.07 Å². The number of rotatable bonds is 5. The van der Waals surface area contributed by atoms with E-state index in [1.54, 1.807) is 0 Å². The summed E-state index contributed by atoms with van der Waals surface area (Å²) in [7, 11) is 0. The Balaban J connectivity index is 2.03. The van der Waals surface area contributed by atoms with E-state index in [0.29, 0.717) is 10.6 Å². The summed E-state index contributed by atoms with van der Waals surface area (Å²) < 4.78 is 0.370. The number of hydrogen-bond acceptors (Lipinski definition) is 6. The Hall–Kier alpha value is -1.01. The fourth-order valence-electron chi connectivity index (χ4n) is 2.46. The summed E-state index contributed by atoms with van der Waals surface area (Å²) in [5.41, 5.74) is 2.56. The molecule has 1 heterocycles. The number of anilines is 2. The van der Waals surface area contributed by atoms with E-state index in [-0.39, 0.29) is 0 Å². The maximum absolute atomic E-state index is 5.39. The van der Waals surface area contributed by atoms with Crippen LogP contribution < -0.4 is 16.6 Å². The van der Waals surface area contributed by atoms with Crippen LogP contribution in [0.1, 0.15) is 31.5 Å².